The monoisotopic (exact) mass is 308 g/mol. The van der Waals surface area contributed by atoms with Crippen LogP contribution in [0, 0.1) is 11.8 Å². The topological polar surface area (TPSA) is 63.4 Å². The molecule has 1 heterocycles. The van der Waals surface area contributed by atoms with Crippen molar-refractivity contribution in [3.8, 4) is 0 Å². The van der Waals surface area contributed by atoms with Crippen LogP contribution in [0.1, 0.15) is 19.3 Å². The molecule has 1 aliphatic heterocycles. The molecule has 2 fully saturated rings. The molecule has 1 saturated carbocycles. The molecule has 1 aromatic carbocycles. The van der Waals surface area contributed by atoms with E-state index in [0.29, 0.717) is 15.8 Å². The molecule has 4 nitrogen and oxygen atoms in total. The van der Waals surface area contributed by atoms with Crippen LogP contribution in [0.15, 0.2) is 22.7 Å². The summed E-state index contributed by atoms with van der Waals surface area (Å²) < 4.78 is 0.706. The van der Waals surface area contributed by atoms with Crippen LogP contribution in [-0.2, 0) is 9.59 Å². The van der Waals surface area contributed by atoms with E-state index in [2.05, 4.69) is 15.9 Å². The van der Waals surface area contributed by atoms with E-state index in [1.54, 1.807) is 18.2 Å². The smallest absolute Gasteiger partial charge is 0.237 e. The summed E-state index contributed by atoms with van der Waals surface area (Å²) in [6.45, 7) is 0. The highest BCUT2D eigenvalue weighted by Crippen LogP contribution is 2.42. The SMILES string of the molecule is Nc1ccc(N2C(=O)C3CCCC3C2=O)cc1Br. The minimum absolute atomic E-state index is 0.0563. The number of nitrogen functional groups attached to an aromatic ring is 1. The average molecular weight is 309 g/mol. The number of hydrogen-bond acceptors (Lipinski definition) is 3. The van der Waals surface area contributed by atoms with E-state index in [4.69, 9.17) is 5.73 Å². The van der Waals surface area contributed by atoms with Gasteiger partial charge in [-0.15, -0.1) is 0 Å². The molecule has 0 aromatic heterocycles. The van der Waals surface area contributed by atoms with Gasteiger partial charge < -0.3 is 5.73 Å². The number of carbonyl (C=O) groups excluding carboxylic acids is 2. The van der Waals surface area contributed by atoms with Crippen molar-refractivity contribution in [2.45, 2.75) is 19.3 Å². The molecule has 1 saturated heterocycles. The van der Waals surface area contributed by atoms with Gasteiger partial charge in [0, 0.05) is 10.2 Å². The lowest BCUT2D eigenvalue weighted by atomic mass is 10.00. The Labute approximate surface area is 113 Å². The Hall–Kier alpha value is -1.36. The summed E-state index contributed by atoms with van der Waals surface area (Å²) in [5.74, 6) is -0.319. The number of rotatable bonds is 1. The van der Waals surface area contributed by atoms with E-state index in [9.17, 15) is 9.59 Å². The number of nitrogens with two attached hydrogens (primary N) is 1. The molecule has 2 N–H and O–H groups in total. The zero-order valence-electron chi connectivity index (χ0n) is 9.73. The van der Waals surface area contributed by atoms with E-state index in [1.807, 2.05) is 0 Å². The zero-order chi connectivity index (χ0) is 12.9. The molecule has 1 aliphatic carbocycles. The number of nitrogens with zero attached hydrogens (tertiary/aromatic N) is 1. The maximum atomic E-state index is 12.3. The second-order valence-electron chi connectivity index (χ2n) is 4.86. The molecule has 2 amide bonds. The maximum Gasteiger partial charge on any atom is 0.237 e. The van der Waals surface area contributed by atoms with Gasteiger partial charge in [0.15, 0.2) is 0 Å². The van der Waals surface area contributed by atoms with Gasteiger partial charge in [-0.3, -0.25) is 14.5 Å². The van der Waals surface area contributed by atoms with Crippen molar-refractivity contribution in [1.82, 2.24) is 0 Å². The summed E-state index contributed by atoms with van der Waals surface area (Å²) in [7, 11) is 0. The first-order valence-electron chi connectivity index (χ1n) is 6.02. The first-order valence-corrected chi connectivity index (χ1v) is 6.81. The molecule has 0 spiro atoms. The zero-order valence-corrected chi connectivity index (χ0v) is 11.3. The highest BCUT2D eigenvalue weighted by Gasteiger charge is 2.50. The van der Waals surface area contributed by atoms with E-state index < -0.39 is 0 Å². The lowest BCUT2D eigenvalue weighted by Crippen LogP contribution is -2.31. The highest BCUT2D eigenvalue weighted by atomic mass is 79.9. The lowest BCUT2D eigenvalue weighted by Gasteiger charge is -2.16. The first-order chi connectivity index (χ1) is 8.59. The molecular weight excluding hydrogens is 296 g/mol. The summed E-state index contributed by atoms with van der Waals surface area (Å²) in [4.78, 5) is 25.8. The van der Waals surface area contributed by atoms with Crippen LogP contribution in [0.3, 0.4) is 0 Å². The number of carbonyl (C=O) groups is 2. The first kappa shape index (κ1) is 11.7. The van der Waals surface area contributed by atoms with Gasteiger partial charge >= 0.3 is 0 Å². The van der Waals surface area contributed by atoms with Crippen molar-refractivity contribution in [2.75, 3.05) is 10.6 Å². The molecule has 18 heavy (non-hydrogen) atoms. The van der Waals surface area contributed by atoms with Gasteiger partial charge in [0.2, 0.25) is 11.8 Å². The van der Waals surface area contributed by atoms with Gasteiger partial charge in [-0.2, -0.15) is 0 Å². The number of benzene rings is 1. The molecule has 0 bridgehead atoms. The minimum atomic E-state index is -0.103. The second kappa shape index (κ2) is 4.09. The predicted molar refractivity (Wildman–Crippen MR) is 71.9 cm³/mol. The number of anilines is 2. The molecule has 3 rings (SSSR count). The van der Waals surface area contributed by atoms with Crippen LogP contribution in [0.5, 0.6) is 0 Å². The molecule has 2 aliphatic rings. The fraction of sp³-hybridized carbons (Fsp3) is 0.385. The molecule has 1 aromatic rings. The van der Waals surface area contributed by atoms with Crippen molar-refractivity contribution in [3.05, 3.63) is 22.7 Å². The van der Waals surface area contributed by atoms with Crippen molar-refractivity contribution in [3.63, 3.8) is 0 Å². The fourth-order valence-corrected chi connectivity index (χ4v) is 3.27. The average Bonchev–Trinajstić information content (AvgIpc) is 2.89. The van der Waals surface area contributed by atoms with Crippen molar-refractivity contribution >= 4 is 39.1 Å². The Bertz CT molecular complexity index is 522. The summed E-state index contributed by atoms with van der Waals surface area (Å²) in [5.41, 5.74) is 6.92. The van der Waals surface area contributed by atoms with Gasteiger partial charge in [0.1, 0.15) is 0 Å². The number of fused-ring (bicyclic) bond motifs is 1. The quantitative estimate of drug-likeness (QED) is 0.639. The molecule has 2 atom stereocenters. The standard InChI is InChI=1S/C13H13BrN2O2/c14-10-6-7(4-5-11(10)15)16-12(17)8-2-1-3-9(8)13(16)18/h4-6,8-9H,1-3,15H2. The molecular formula is C13H13BrN2O2. The number of hydrogen-bond donors (Lipinski definition) is 1. The summed E-state index contributed by atoms with van der Waals surface area (Å²) in [5, 5.41) is 0. The van der Waals surface area contributed by atoms with Crippen molar-refractivity contribution < 1.29 is 9.59 Å². The van der Waals surface area contributed by atoms with Crippen LogP contribution in [0.2, 0.25) is 0 Å². The second-order valence-corrected chi connectivity index (χ2v) is 5.72. The van der Waals surface area contributed by atoms with E-state index in [1.165, 1.54) is 4.90 Å². The van der Waals surface area contributed by atoms with Gasteiger partial charge in [-0.25, -0.2) is 0 Å². The fourth-order valence-electron chi connectivity index (χ4n) is 2.90. The van der Waals surface area contributed by atoms with Crippen molar-refractivity contribution in [1.29, 1.82) is 0 Å². The van der Waals surface area contributed by atoms with Gasteiger partial charge in [0.05, 0.1) is 17.5 Å². The Kier molecular flexibility index (Phi) is 2.66. The third kappa shape index (κ3) is 1.57. The Morgan fingerprint density at radius 3 is 2.33 bits per heavy atom. The van der Waals surface area contributed by atoms with Gasteiger partial charge in [-0.05, 0) is 47.0 Å². The predicted octanol–water partition coefficient (Wildman–Crippen LogP) is 2.32. The molecule has 94 valence electrons. The maximum absolute atomic E-state index is 12.3. The third-order valence-electron chi connectivity index (χ3n) is 3.83. The highest BCUT2D eigenvalue weighted by molar-refractivity contribution is 9.10. The van der Waals surface area contributed by atoms with E-state index in [0.717, 1.165) is 19.3 Å². The summed E-state index contributed by atoms with van der Waals surface area (Å²) >= 11 is 3.32. The minimum Gasteiger partial charge on any atom is -0.398 e. The number of imide groups is 1. The lowest BCUT2D eigenvalue weighted by molar-refractivity contribution is -0.122. The molecule has 5 heteroatoms. The normalized spacial score (nSPS) is 26.8. The largest absolute Gasteiger partial charge is 0.398 e. The van der Waals surface area contributed by atoms with Gasteiger partial charge in [-0.1, -0.05) is 6.42 Å². The summed E-state index contributed by atoms with van der Waals surface area (Å²) in [6, 6.07) is 5.15. The van der Waals surface area contributed by atoms with Crippen LogP contribution >= 0.6 is 15.9 Å². The van der Waals surface area contributed by atoms with Gasteiger partial charge in [0.25, 0.3) is 0 Å². The Balaban J connectivity index is 1.99. The Morgan fingerprint density at radius 2 is 1.78 bits per heavy atom. The third-order valence-corrected chi connectivity index (χ3v) is 4.52. The van der Waals surface area contributed by atoms with Crippen LogP contribution in [0.25, 0.3) is 0 Å². The van der Waals surface area contributed by atoms with Crippen molar-refractivity contribution in [2.24, 2.45) is 11.8 Å². The molecule has 2 unspecified atom stereocenters. The van der Waals surface area contributed by atoms with Crippen LogP contribution in [-0.4, -0.2) is 11.8 Å². The summed E-state index contributed by atoms with van der Waals surface area (Å²) in [6.07, 6.45) is 2.65. The van der Waals surface area contributed by atoms with E-state index >= 15 is 0 Å². The van der Waals surface area contributed by atoms with E-state index in [-0.39, 0.29) is 23.7 Å². The Morgan fingerprint density at radius 1 is 1.17 bits per heavy atom. The van der Waals surface area contributed by atoms with Crippen LogP contribution < -0.4 is 10.6 Å². The molecule has 0 radical (unpaired) electrons. The van der Waals surface area contributed by atoms with Crippen LogP contribution in [0.4, 0.5) is 11.4 Å². The number of halogens is 1. The number of amides is 2.